The third-order valence-electron chi connectivity index (χ3n) is 5.50. The van der Waals surface area contributed by atoms with Crippen LogP contribution in [0, 0.1) is 13.8 Å². The fourth-order valence-corrected chi connectivity index (χ4v) is 4.09. The largest absolute Gasteiger partial charge is 0.465 e. The van der Waals surface area contributed by atoms with Crippen molar-refractivity contribution in [1.82, 2.24) is 5.32 Å². The van der Waals surface area contributed by atoms with Gasteiger partial charge in [-0.2, -0.15) is 0 Å². The number of allylic oxidation sites excluding steroid dienone is 1. The molecule has 7 nitrogen and oxygen atoms in total. The zero-order valence-corrected chi connectivity index (χ0v) is 20.2. The summed E-state index contributed by atoms with van der Waals surface area (Å²) in [6.45, 7) is 6.29. The smallest absolute Gasteiger partial charge is 0.338 e. The van der Waals surface area contributed by atoms with Crippen molar-refractivity contribution in [3.05, 3.63) is 76.0 Å². The lowest BCUT2D eigenvalue weighted by Gasteiger charge is -2.38. The van der Waals surface area contributed by atoms with Gasteiger partial charge >= 0.3 is 11.9 Å². The minimum atomic E-state index is -0.541. The highest BCUT2D eigenvalue weighted by molar-refractivity contribution is 7.80. The highest BCUT2D eigenvalue weighted by Gasteiger charge is 2.36. The summed E-state index contributed by atoms with van der Waals surface area (Å²) in [4.78, 5) is 26.9. The van der Waals surface area contributed by atoms with Crippen LogP contribution in [0.5, 0.6) is 0 Å². The molecule has 2 aromatic rings. The van der Waals surface area contributed by atoms with Crippen LogP contribution in [-0.2, 0) is 19.0 Å². The third-order valence-corrected chi connectivity index (χ3v) is 5.80. The van der Waals surface area contributed by atoms with Gasteiger partial charge in [-0.15, -0.1) is 0 Å². The summed E-state index contributed by atoms with van der Waals surface area (Å²) in [6.07, 6.45) is 0. The second kappa shape index (κ2) is 10.6. The Hall–Kier alpha value is -3.23. The first kappa shape index (κ1) is 24.4. The van der Waals surface area contributed by atoms with Gasteiger partial charge in [0.1, 0.15) is 6.61 Å². The molecule has 0 saturated carbocycles. The summed E-state index contributed by atoms with van der Waals surface area (Å²) in [7, 11) is 2.88. The van der Waals surface area contributed by atoms with Crippen LogP contribution >= 0.6 is 12.2 Å². The number of esters is 2. The van der Waals surface area contributed by atoms with Gasteiger partial charge in [0.05, 0.1) is 36.6 Å². The Morgan fingerprint density at radius 3 is 2.33 bits per heavy atom. The number of methoxy groups -OCH3 is 2. The molecule has 33 heavy (non-hydrogen) atoms. The van der Waals surface area contributed by atoms with Gasteiger partial charge in [0, 0.05) is 12.8 Å². The number of nitrogens with zero attached hydrogens (tertiary/aromatic N) is 1. The molecule has 0 aromatic heterocycles. The van der Waals surface area contributed by atoms with Crippen molar-refractivity contribution < 1.29 is 23.8 Å². The summed E-state index contributed by atoms with van der Waals surface area (Å²) in [5, 5.41) is 3.76. The lowest BCUT2D eigenvalue weighted by molar-refractivity contribution is -0.140. The molecule has 1 atom stereocenters. The first-order valence-electron chi connectivity index (χ1n) is 10.5. The number of carbonyl (C=O) groups excluding carboxylic acids is 2. The molecular formula is C25H28N2O5S. The van der Waals surface area contributed by atoms with E-state index in [2.05, 4.69) is 5.32 Å². The van der Waals surface area contributed by atoms with E-state index in [4.69, 9.17) is 26.4 Å². The summed E-state index contributed by atoms with van der Waals surface area (Å²) in [6, 6.07) is 12.4. The Balaban J connectivity index is 2.08. The summed E-state index contributed by atoms with van der Waals surface area (Å²) >= 11 is 5.73. The van der Waals surface area contributed by atoms with Crippen molar-refractivity contribution in [3.8, 4) is 0 Å². The Kier molecular flexibility index (Phi) is 7.84. The molecule has 1 unspecified atom stereocenters. The second-order valence-electron chi connectivity index (χ2n) is 7.75. The normalized spacial score (nSPS) is 15.8. The Labute approximate surface area is 199 Å². The van der Waals surface area contributed by atoms with E-state index < -0.39 is 18.0 Å². The van der Waals surface area contributed by atoms with E-state index >= 15 is 0 Å². The molecule has 0 aliphatic carbocycles. The maximum absolute atomic E-state index is 13.2. The van der Waals surface area contributed by atoms with Crippen molar-refractivity contribution in [1.29, 1.82) is 0 Å². The van der Waals surface area contributed by atoms with Gasteiger partial charge in [-0.25, -0.2) is 9.59 Å². The zero-order valence-electron chi connectivity index (χ0n) is 19.4. The SMILES string of the molecule is COCCOC(=O)C1=C(C)N(c2cc(C)ccc2C)C(=S)NC1c1ccc(C(=O)OC)cc1. The minimum Gasteiger partial charge on any atom is -0.465 e. The molecule has 1 heterocycles. The van der Waals surface area contributed by atoms with E-state index in [0.717, 1.165) is 22.4 Å². The lowest BCUT2D eigenvalue weighted by Crippen LogP contribution is -2.48. The van der Waals surface area contributed by atoms with E-state index in [9.17, 15) is 9.59 Å². The second-order valence-corrected chi connectivity index (χ2v) is 8.14. The minimum absolute atomic E-state index is 0.133. The first-order chi connectivity index (χ1) is 15.8. The van der Waals surface area contributed by atoms with Gasteiger partial charge in [-0.05, 0) is 67.9 Å². The number of anilines is 1. The van der Waals surface area contributed by atoms with E-state index in [0.29, 0.717) is 28.6 Å². The molecule has 0 amide bonds. The highest BCUT2D eigenvalue weighted by atomic mass is 32.1. The van der Waals surface area contributed by atoms with E-state index in [1.165, 1.54) is 7.11 Å². The quantitative estimate of drug-likeness (QED) is 0.371. The highest BCUT2D eigenvalue weighted by Crippen LogP contribution is 2.36. The standard InChI is InChI=1S/C25H28N2O5S/c1-15-6-7-16(2)20(14-15)27-17(3)21(24(29)32-13-12-30-4)22(26-25(27)33)18-8-10-19(11-9-18)23(28)31-5/h6-11,14,22H,12-13H2,1-5H3,(H,26,33). The average molecular weight is 469 g/mol. The zero-order chi connectivity index (χ0) is 24.1. The molecule has 174 valence electrons. The lowest BCUT2D eigenvalue weighted by atomic mass is 9.93. The molecule has 8 heteroatoms. The van der Waals surface area contributed by atoms with Crippen LogP contribution in [0.25, 0.3) is 0 Å². The fourth-order valence-electron chi connectivity index (χ4n) is 3.73. The molecule has 0 bridgehead atoms. The van der Waals surface area contributed by atoms with Crippen LogP contribution in [0.4, 0.5) is 5.69 Å². The Bertz CT molecular complexity index is 1090. The van der Waals surface area contributed by atoms with Crippen LogP contribution in [0.15, 0.2) is 53.7 Å². The van der Waals surface area contributed by atoms with E-state index in [1.54, 1.807) is 31.4 Å². The van der Waals surface area contributed by atoms with Gasteiger partial charge in [0.25, 0.3) is 0 Å². The Morgan fingerprint density at radius 2 is 1.70 bits per heavy atom. The average Bonchev–Trinajstić information content (AvgIpc) is 2.80. The number of ether oxygens (including phenoxy) is 3. The molecular weight excluding hydrogens is 440 g/mol. The molecule has 1 aliphatic rings. The first-order valence-corrected chi connectivity index (χ1v) is 10.9. The monoisotopic (exact) mass is 468 g/mol. The van der Waals surface area contributed by atoms with Gasteiger partial charge in [-0.3, -0.25) is 4.90 Å². The number of carbonyl (C=O) groups is 2. The van der Waals surface area contributed by atoms with Crippen LogP contribution in [0.3, 0.4) is 0 Å². The van der Waals surface area contributed by atoms with Gasteiger partial charge in [0.15, 0.2) is 5.11 Å². The summed E-state index contributed by atoms with van der Waals surface area (Å²) < 4.78 is 15.3. The summed E-state index contributed by atoms with van der Waals surface area (Å²) in [5.74, 6) is -0.891. The molecule has 1 N–H and O–H groups in total. The predicted molar refractivity (Wildman–Crippen MR) is 130 cm³/mol. The van der Waals surface area contributed by atoms with Crippen LogP contribution < -0.4 is 10.2 Å². The number of hydrogen-bond acceptors (Lipinski definition) is 6. The number of nitrogens with one attached hydrogen (secondary N) is 1. The van der Waals surface area contributed by atoms with Crippen LogP contribution in [-0.4, -0.2) is 44.5 Å². The Morgan fingerprint density at radius 1 is 1.00 bits per heavy atom. The number of hydrogen-bond donors (Lipinski definition) is 1. The van der Waals surface area contributed by atoms with Gasteiger partial charge in [0.2, 0.25) is 0 Å². The van der Waals surface area contributed by atoms with Crippen LogP contribution in [0.1, 0.15) is 40.0 Å². The number of benzene rings is 2. The van der Waals surface area contributed by atoms with E-state index in [-0.39, 0.29) is 6.61 Å². The molecule has 1 aliphatic heterocycles. The fraction of sp³-hybridized carbons (Fsp3) is 0.320. The topological polar surface area (TPSA) is 77.1 Å². The molecule has 2 aromatic carbocycles. The molecule has 3 rings (SSSR count). The van der Waals surface area contributed by atoms with Crippen molar-refractivity contribution in [3.63, 3.8) is 0 Å². The van der Waals surface area contributed by atoms with Crippen molar-refractivity contribution >= 4 is 35.0 Å². The van der Waals surface area contributed by atoms with Gasteiger partial charge in [-0.1, -0.05) is 24.3 Å². The van der Waals surface area contributed by atoms with E-state index in [1.807, 2.05) is 43.9 Å². The molecule has 0 radical (unpaired) electrons. The third kappa shape index (κ3) is 5.23. The number of aryl methyl sites for hydroxylation is 2. The molecule has 0 saturated heterocycles. The van der Waals surface area contributed by atoms with Crippen LogP contribution in [0.2, 0.25) is 0 Å². The van der Waals surface area contributed by atoms with Crippen molar-refractivity contribution in [2.45, 2.75) is 26.8 Å². The predicted octanol–water partition coefficient (Wildman–Crippen LogP) is 3.99. The van der Waals surface area contributed by atoms with Crippen molar-refractivity contribution in [2.24, 2.45) is 0 Å². The maximum Gasteiger partial charge on any atom is 0.338 e. The number of thiocarbonyl (C=S) groups is 1. The van der Waals surface area contributed by atoms with Gasteiger partial charge < -0.3 is 19.5 Å². The molecule has 0 fully saturated rings. The number of rotatable bonds is 7. The maximum atomic E-state index is 13.2. The van der Waals surface area contributed by atoms with Crippen molar-refractivity contribution in [2.75, 3.05) is 32.3 Å². The summed E-state index contributed by atoms with van der Waals surface area (Å²) in [5.41, 5.74) is 5.30. The molecule has 0 spiro atoms.